The normalized spacial score (nSPS) is 13.8. The van der Waals surface area contributed by atoms with Crippen LogP contribution >= 0.6 is 23.2 Å². The molecular weight excluding hydrogens is 211 g/mol. The van der Waals surface area contributed by atoms with E-state index >= 15 is 0 Å². The average Bonchev–Trinajstić information content (AvgIpc) is 2.48. The zero-order valence-corrected chi connectivity index (χ0v) is 8.52. The van der Waals surface area contributed by atoms with Gasteiger partial charge in [0.1, 0.15) is 4.84 Å². The fourth-order valence-electron chi connectivity index (χ4n) is 1.29. The second-order valence-corrected chi connectivity index (χ2v) is 3.96. The summed E-state index contributed by atoms with van der Waals surface area (Å²) in [6.45, 7) is 2.21. The van der Waals surface area contributed by atoms with E-state index in [0.717, 1.165) is 16.9 Å². The first-order chi connectivity index (χ1) is 6.18. The fourth-order valence-corrected chi connectivity index (χ4v) is 1.76. The highest BCUT2D eigenvalue weighted by atomic mass is 35.5. The Balaban J connectivity index is 2.49. The Morgan fingerprint density at radius 3 is 2.46 bits per heavy atom. The number of aryl methyl sites for hydroxylation is 1. The van der Waals surface area contributed by atoms with E-state index in [0.29, 0.717) is 5.75 Å². The fraction of sp³-hybridized carbons (Fsp3) is 0.333. The van der Waals surface area contributed by atoms with Crippen LogP contribution in [-0.4, -0.2) is 6.79 Å². The highest BCUT2D eigenvalue weighted by Gasteiger charge is 2.17. The molecule has 0 saturated carbocycles. The molecule has 1 aliphatic heterocycles. The molecule has 4 heteroatoms. The first kappa shape index (κ1) is 8.97. The Morgan fingerprint density at radius 2 is 1.85 bits per heavy atom. The maximum Gasteiger partial charge on any atom is 0.231 e. The van der Waals surface area contributed by atoms with E-state index in [2.05, 4.69) is 0 Å². The molecule has 2 rings (SSSR count). The van der Waals surface area contributed by atoms with Gasteiger partial charge in [-0.25, -0.2) is 0 Å². The van der Waals surface area contributed by atoms with Gasteiger partial charge in [-0.15, -0.1) is 23.2 Å². The highest BCUT2D eigenvalue weighted by Crippen LogP contribution is 2.38. The van der Waals surface area contributed by atoms with Gasteiger partial charge in [-0.3, -0.25) is 0 Å². The van der Waals surface area contributed by atoms with Crippen LogP contribution in [0.25, 0.3) is 0 Å². The van der Waals surface area contributed by atoms with Crippen LogP contribution < -0.4 is 9.47 Å². The quantitative estimate of drug-likeness (QED) is 0.675. The van der Waals surface area contributed by atoms with Crippen LogP contribution in [0.15, 0.2) is 12.1 Å². The molecule has 0 aromatic heterocycles. The van der Waals surface area contributed by atoms with E-state index in [4.69, 9.17) is 32.7 Å². The summed E-state index contributed by atoms with van der Waals surface area (Å²) in [5.74, 6) is 1.47. The number of hydrogen-bond acceptors (Lipinski definition) is 2. The molecule has 1 heterocycles. The lowest BCUT2D eigenvalue weighted by Gasteiger charge is -2.07. The largest absolute Gasteiger partial charge is 0.454 e. The van der Waals surface area contributed by atoms with Crippen molar-refractivity contribution in [3.05, 3.63) is 23.3 Å². The van der Waals surface area contributed by atoms with E-state index in [9.17, 15) is 0 Å². The summed E-state index contributed by atoms with van der Waals surface area (Å²) in [5.41, 5.74) is 1.88. The van der Waals surface area contributed by atoms with Crippen molar-refractivity contribution in [2.45, 2.75) is 11.8 Å². The van der Waals surface area contributed by atoms with Crippen molar-refractivity contribution in [2.24, 2.45) is 0 Å². The molecule has 0 fully saturated rings. The Labute approximate surface area is 86.4 Å². The minimum absolute atomic E-state index is 0.271. The molecule has 0 aliphatic carbocycles. The van der Waals surface area contributed by atoms with Crippen LogP contribution in [0.5, 0.6) is 11.5 Å². The molecule has 2 nitrogen and oxygen atoms in total. The number of hydrogen-bond donors (Lipinski definition) is 0. The van der Waals surface area contributed by atoms with Gasteiger partial charge < -0.3 is 9.47 Å². The van der Waals surface area contributed by atoms with Crippen LogP contribution in [0.3, 0.4) is 0 Å². The topological polar surface area (TPSA) is 18.5 Å². The number of alkyl halides is 2. The molecule has 1 aromatic rings. The van der Waals surface area contributed by atoms with Crippen LogP contribution in [0, 0.1) is 6.92 Å². The Morgan fingerprint density at radius 1 is 1.23 bits per heavy atom. The van der Waals surface area contributed by atoms with Crippen molar-refractivity contribution >= 4 is 23.2 Å². The molecule has 0 unspecified atom stereocenters. The Hall–Kier alpha value is -0.600. The minimum atomic E-state index is -0.519. The summed E-state index contributed by atoms with van der Waals surface area (Å²) >= 11 is 11.6. The predicted molar refractivity (Wildman–Crippen MR) is 51.7 cm³/mol. The number of ether oxygens (including phenoxy) is 2. The molecule has 0 bridgehead atoms. The second-order valence-electron chi connectivity index (χ2n) is 2.86. The van der Waals surface area contributed by atoms with Crippen LogP contribution in [0.1, 0.15) is 16.0 Å². The predicted octanol–water partition coefficient (Wildman–Crippen LogP) is 3.20. The van der Waals surface area contributed by atoms with Gasteiger partial charge >= 0.3 is 0 Å². The third-order valence-corrected chi connectivity index (χ3v) is 2.47. The number of rotatable bonds is 1. The van der Waals surface area contributed by atoms with Gasteiger partial charge in [0.15, 0.2) is 11.5 Å². The smallest absolute Gasteiger partial charge is 0.231 e. The molecule has 0 radical (unpaired) electrons. The third kappa shape index (κ3) is 1.56. The molecule has 0 amide bonds. The van der Waals surface area contributed by atoms with E-state index in [-0.39, 0.29) is 6.79 Å². The maximum atomic E-state index is 5.78. The van der Waals surface area contributed by atoms with Crippen LogP contribution in [0.2, 0.25) is 0 Å². The summed E-state index contributed by atoms with van der Waals surface area (Å²) < 4.78 is 10.4. The second kappa shape index (κ2) is 3.28. The molecule has 13 heavy (non-hydrogen) atoms. The van der Waals surface area contributed by atoms with Gasteiger partial charge in [-0.1, -0.05) is 0 Å². The molecule has 1 aliphatic rings. The standard InChI is InChI=1S/C9H8Cl2O2/c1-5-2-7-8(13-4-12-7)3-6(5)9(10)11/h2-3,9H,4H2,1H3. The Kier molecular flexibility index (Phi) is 2.26. The van der Waals surface area contributed by atoms with Crippen molar-refractivity contribution in [3.8, 4) is 11.5 Å². The number of fused-ring (bicyclic) bond motifs is 1. The van der Waals surface area contributed by atoms with E-state index in [1.807, 2.05) is 19.1 Å². The van der Waals surface area contributed by atoms with E-state index in [1.165, 1.54) is 0 Å². The SMILES string of the molecule is Cc1cc2c(cc1C(Cl)Cl)OCO2. The van der Waals surface area contributed by atoms with Gasteiger partial charge in [-0.2, -0.15) is 0 Å². The highest BCUT2D eigenvalue weighted by molar-refractivity contribution is 6.44. The zero-order valence-electron chi connectivity index (χ0n) is 7.01. The average molecular weight is 219 g/mol. The summed E-state index contributed by atoms with van der Waals surface area (Å²) in [4.78, 5) is -0.519. The molecule has 0 saturated heterocycles. The summed E-state index contributed by atoms with van der Waals surface area (Å²) in [6, 6.07) is 3.71. The summed E-state index contributed by atoms with van der Waals surface area (Å²) in [6.07, 6.45) is 0. The Bertz CT molecular complexity index is 337. The van der Waals surface area contributed by atoms with Crippen LogP contribution in [0.4, 0.5) is 0 Å². The third-order valence-electron chi connectivity index (χ3n) is 2.00. The van der Waals surface area contributed by atoms with E-state index < -0.39 is 4.84 Å². The summed E-state index contributed by atoms with van der Waals surface area (Å²) in [5, 5.41) is 0. The lowest BCUT2D eigenvalue weighted by molar-refractivity contribution is 0.174. The van der Waals surface area contributed by atoms with Crippen LogP contribution in [-0.2, 0) is 0 Å². The maximum absolute atomic E-state index is 5.78. The first-order valence-corrected chi connectivity index (χ1v) is 4.74. The minimum Gasteiger partial charge on any atom is -0.454 e. The molecular formula is C9H8Cl2O2. The van der Waals surface area contributed by atoms with Gasteiger partial charge in [-0.05, 0) is 30.2 Å². The van der Waals surface area contributed by atoms with Gasteiger partial charge in [0, 0.05) is 0 Å². The van der Waals surface area contributed by atoms with Crippen molar-refractivity contribution < 1.29 is 9.47 Å². The monoisotopic (exact) mass is 218 g/mol. The lowest BCUT2D eigenvalue weighted by atomic mass is 10.1. The van der Waals surface area contributed by atoms with Crippen molar-refractivity contribution in [1.82, 2.24) is 0 Å². The van der Waals surface area contributed by atoms with Crippen molar-refractivity contribution in [2.75, 3.05) is 6.79 Å². The van der Waals surface area contributed by atoms with Gasteiger partial charge in [0.2, 0.25) is 6.79 Å². The molecule has 0 N–H and O–H groups in total. The molecule has 70 valence electrons. The molecule has 0 atom stereocenters. The van der Waals surface area contributed by atoms with E-state index in [1.54, 1.807) is 0 Å². The summed E-state index contributed by atoms with van der Waals surface area (Å²) in [7, 11) is 0. The zero-order chi connectivity index (χ0) is 9.42. The van der Waals surface area contributed by atoms with Gasteiger partial charge in [0.05, 0.1) is 0 Å². The number of benzene rings is 1. The van der Waals surface area contributed by atoms with Gasteiger partial charge in [0.25, 0.3) is 0 Å². The molecule has 0 spiro atoms. The first-order valence-electron chi connectivity index (χ1n) is 3.87. The number of halogens is 2. The molecule has 1 aromatic carbocycles. The van der Waals surface area contributed by atoms with Crippen molar-refractivity contribution in [3.63, 3.8) is 0 Å². The lowest BCUT2D eigenvalue weighted by Crippen LogP contribution is -1.92. The van der Waals surface area contributed by atoms with Crippen molar-refractivity contribution in [1.29, 1.82) is 0 Å².